The van der Waals surface area contributed by atoms with E-state index in [0.29, 0.717) is 11.8 Å². The second kappa shape index (κ2) is 7.88. The summed E-state index contributed by atoms with van der Waals surface area (Å²) in [6.07, 6.45) is -0.959. The number of amides is 1. The first kappa shape index (κ1) is 17.9. The van der Waals surface area contributed by atoms with Crippen molar-refractivity contribution in [1.29, 1.82) is 0 Å². The van der Waals surface area contributed by atoms with E-state index in [1.165, 1.54) is 6.92 Å². The van der Waals surface area contributed by atoms with E-state index in [1.54, 1.807) is 6.07 Å². The number of hydrogen-bond donors (Lipinski definition) is 2. The lowest BCUT2D eigenvalue weighted by molar-refractivity contribution is 0.0840. The van der Waals surface area contributed by atoms with Gasteiger partial charge >= 0.3 is 0 Å². The SMILES string of the molecule is Cc1cccc(OCC(O)CNC(=O)c2cc(C)c(F)cc2F)c1. The van der Waals surface area contributed by atoms with Gasteiger partial charge in [0.05, 0.1) is 5.56 Å². The summed E-state index contributed by atoms with van der Waals surface area (Å²) >= 11 is 0. The van der Waals surface area contributed by atoms with Crippen LogP contribution in [0.4, 0.5) is 8.78 Å². The fraction of sp³-hybridized carbons (Fsp3) is 0.278. The van der Waals surface area contributed by atoms with E-state index in [1.807, 2.05) is 25.1 Å². The Morgan fingerprint density at radius 3 is 2.67 bits per heavy atom. The smallest absolute Gasteiger partial charge is 0.254 e. The van der Waals surface area contributed by atoms with Gasteiger partial charge in [-0.1, -0.05) is 12.1 Å². The van der Waals surface area contributed by atoms with E-state index in [-0.39, 0.29) is 24.3 Å². The molecule has 0 aliphatic heterocycles. The number of carbonyl (C=O) groups excluding carboxylic acids is 1. The van der Waals surface area contributed by atoms with Crippen LogP contribution in [0, 0.1) is 25.5 Å². The first-order valence-electron chi connectivity index (χ1n) is 7.48. The minimum absolute atomic E-state index is 0.0192. The topological polar surface area (TPSA) is 58.6 Å². The molecule has 0 bridgehead atoms. The van der Waals surface area contributed by atoms with Crippen LogP contribution in [0.2, 0.25) is 0 Å². The summed E-state index contributed by atoms with van der Waals surface area (Å²) in [7, 11) is 0. The maximum absolute atomic E-state index is 13.6. The molecule has 0 saturated heterocycles. The Morgan fingerprint density at radius 2 is 1.96 bits per heavy atom. The van der Waals surface area contributed by atoms with Crippen LogP contribution in [-0.4, -0.2) is 30.3 Å². The highest BCUT2D eigenvalue weighted by Gasteiger charge is 2.16. The molecule has 6 heteroatoms. The van der Waals surface area contributed by atoms with Crippen LogP contribution in [0.3, 0.4) is 0 Å². The van der Waals surface area contributed by atoms with Crippen molar-refractivity contribution in [2.75, 3.05) is 13.2 Å². The van der Waals surface area contributed by atoms with Crippen molar-refractivity contribution in [3.05, 3.63) is 64.7 Å². The zero-order valence-corrected chi connectivity index (χ0v) is 13.5. The lowest BCUT2D eigenvalue weighted by Crippen LogP contribution is -2.35. The third kappa shape index (κ3) is 4.76. The molecule has 0 saturated carbocycles. The van der Waals surface area contributed by atoms with Crippen LogP contribution >= 0.6 is 0 Å². The number of rotatable bonds is 6. The standard InChI is InChI=1S/C18H19F2NO3/c1-11-4-3-5-14(6-11)24-10-13(22)9-21-18(23)15-7-12(2)16(19)8-17(15)20/h3-8,13,22H,9-10H2,1-2H3,(H,21,23). The fourth-order valence-electron chi connectivity index (χ4n) is 2.09. The van der Waals surface area contributed by atoms with Crippen molar-refractivity contribution in [2.45, 2.75) is 20.0 Å². The van der Waals surface area contributed by atoms with E-state index < -0.39 is 23.6 Å². The summed E-state index contributed by atoms with van der Waals surface area (Å²) in [5.74, 6) is -1.76. The Bertz CT molecular complexity index is 734. The summed E-state index contributed by atoms with van der Waals surface area (Å²) in [5, 5.41) is 12.3. The highest BCUT2D eigenvalue weighted by atomic mass is 19.1. The van der Waals surface area contributed by atoms with Gasteiger partial charge in [0, 0.05) is 12.6 Å². The highest BCUT2D eigenvalue weighted by Crippen LogP contribution is 2.14. The van der Waals surface area contributed by atoms with Crippen LogP contribution in [-0.2, 0) is 0 Å². The molecule has 2 aromatic carbocycles. The lowest BCUT2D eigenvalue weighted by atomic mass is 10.1. The molecule has 0 spiro atoms. The van der Waals surface area contributed by atoms with Gasteiger partial charge in [-0.15, -0.1) is 0 Å². The molecular weight excluding hydrogens is 316 g/mol. The van der Waals surface area contributed by atoms with Crippen molar-refractivity contribution < 1.29 is 23.4 Å². The summed E-state index contributed by atoms with van der Waals surface area (Å²) < 4.78 is 32.2. The van der Waals surface area contributed by atoms with Crippen molar-refractivity contribution in [2.24, 2.45) is 0 Å². The predicted molar refractivity (Wildman–Crippen MR) is 86.1 cm³/mol. The van der Waals surface area contributed by atoms with Gasteiger partial charge in [0.15, 0.2) is 0 Å². The van der Waals surface area contributed by atoms with E-state index in [2.05, 4.69) is 5.32 Å². The monoisotopic (exact) mass is 335 g/mol. The minimum atomic E-state index is -0.959. The number of benzene rings is 2. The van der Waals surface area contributed by atoms with Gasteiger partial charge in [0.2, 0.25) is 0 Å². The summed E-state index contributed by atoms with van der Waals surface area (Å²) in [6.45, 7) is 3.23. The Kier molecular flexibility index (Phi) is 5.87. The van der Waals surface area contributed by atoms with Crippen molar-refractivity contribution in [3.63, 3.8) is 0 Å². The van der Waals surface area contributed by atoms with Crippen molar-refractivity contribution >= 4 is 5.91 Å². The molecule has 0 aliphatic rings. The Balaban J connectivity index is 1.86. The predicted octanol–water partition coefficient (Wildman–Crippen LogP) is 2.75. The average molecular weight is 335 g/mol. The van der Waals surface area contributed by atoms with E-state index in [9.17, 15) is 18.7 Å². The molecule has 1 atom stereocenters. The number of aliphatic hydroxyl groups is 1. The molecule has 24 heavy (non-hydrogen) atoms. The van der Waals surface area contributed by atoms with Crippen LogP contribution in [0.15, 0.2) is 36.4 Å². The largest absolute Gasteiger partial charge is 0.491 e. The molecule has 2 N–H and O–H groups in total. The van der Waals surface area contributed by atoms with Crippen LogP contribution < -0.4 is 10.1 Å². The minimum Gasteiger partial charge on any atom is -0.491 e. The molecule has 4 nitrogen and oxygen atoms in total. The molecule has 1 amide bonds. The van der Waals surface area contributed by atoms with Gasteiger partial charge in [-0.2, -0.15) is 0 Å². The molecule has 0 aromatic heterocycles. The number of aryl methyl sites for hydroxylation is 2. The van der Waals surface area contributed by atoms with Crippen LogP contribution in [0.1, 0.15) is 21.5 Å². The lowest BCUT2D eigenvalue weighted by Gasteiger charge is -2.14. The van der Waals surface area contributed by atoms with Gasteiger partial charge < -0.3 is 15.2 Å². The quantitative estimate of drug-likeness (QED) is 0.853. The van der Waals surface area contributed by atoms with Gasteiger partial charge in [-0.05, 0) is 43.2 Å². The third-order valence-corrected chi connectivity index (χ3v) is 3.42. The maximum Gasteiger partial charge on any atom is 0.254 e. The normalized spacial score (nSPS) is 11.9. The van der Waals surface area contributed by atoms with Crippen molar-refractivity contribution in [1.82, 2.24) is 5.32 Å². The number of carbonyl (C=O) groups is 1. The van der Waals surface area contributed by atoms with Gasteiger partial charge in [0.1, 0.15) is 30.1 Å². The van der Waals surface area contributed by atoms with Crippen LogP contribution in [0.25, 0.3) is 0 Å². The molecule has 0 heterocycles. The van der Waals surface area contributed by atoms with E-state index in [0.717, 1.165) is 11.6 Å². The number of halogens is 2. The van der Waals surface area contributed by atoms with E-state index in [4.69, 9.17) is 4.74 Å². The molecule has 0 aliphatic carbocycles. The first-order chi connectivity index (χ1) is 11.4. The Hall–Kier alpha value is -2.47. The van der Waals surface area contributed by atoms with Gasteiger partial charge in [0.25, 0.3) is 5.91 Å². The third-order valence-electron chi connectivity index (χ3n) is 3.42. The highest BCUT2D eigenvalue weighted by molar-refractivity contribution is 5.94. The van der Waals surface area contributed by atoms with Gasteiger partial charge in [-0.3, -0.25) is 4.79 Å². The van der Waals surface area contributed by atoms with E-state index >= 15 is 0 Å². The summed E-state index contributed by atoms with van der Waals surface area (Å²) in [5.41, 5.74) is 0.933. The molecule has 1 unspecified atom stereocenters. The zero-order valence-electron chi connectivity index (χ0n) is 13.5. The Morgan fingerprint density at radius 1 is 1.21 bits per heavy atom. The second-order valence-electron chi connectivity index (χ2n) is 5.57. The Labute approximate surface area is 139 Å². The van der Waals surface area contributed by atoms with Crippen LogP contribution in [0.5, 0.6) is 5.75 Å². The average Bonchev–Trinajstić information content (AvgIpc) is 2.54. The van der Waals surface area contributed by atoms with Crippen molar-refractivity contribution in [3.8, 4) is 5.75 Å². The number of nitrogens with one attached hydrogen (secondary N) is 1. The van der Waals surface area contributed by atoms with Gasteiger partial charge in [-0.25, -0.2) is 8.78 Å². The fourth-order valence-corrected chi connectivity index (χ4v) is 2.09. The molecule has 128 valence electrons. The summed E-state index contributed by atoms with van der Waals surface area (Å²) in [4.78, 5) is 11.9. The molecule has 0 fully saturated rings. The maximum atomic E-state index is 13.6. The number of ether oxygens (including phenoxy) is 1. The number of aliphatic hydroxyl groups excluding tert-OH is 1. The zero-order chi connectivity index (χ0) is 17.7. The number of hydrogen-bond acceptors (Lipinski definition) is 3. The molecule has 0 radical (unpaired) electrons. The molecule has 2 rings (SSSR count). The molecule has 2 aromatic rings. The summed E-state index contributed by atoms with van der Waals surface area (Å²) in [6, 6.07) is 9.13. The first-order valence-corrected chi connectivity index (χ1v) is 7.48. The second-order valence-corrected chi connectivity index (χ2v) is 5.57. The molecular formula is C18H19F2NO3.